The molecule has 1 rings (SSSR count). The molecule has 0 saturated heterocycles. The molecular weight excluding hydrogens is 436 g/mol. The fourth-order valence-corrected chi connectivity index (χ4v) is 5.45. The molecule has 1 aliphatic rings. The first-order chi connectivity index (χ1) is 16.7. The van der Waals surface area contributed by atoms with E-state index < -0.39 is 0 Å². The van der Waals surface area contributed by atoms with Crippen LogP contribution in [0.4, 0.5) is 0 Å². The normalized spacial score (nSPS) is 19.3. The maximum atomic E-state index is 13.3. The van der Waals surface area contributed by atoms with Crippen molar-refractivity contribution in [1.29, 1.82) is 0 Å². The van der Waals surface area contributed by atoms with Crippen LogP contribution in [0.5, 0.6) is 0 Å². The van der Waals surface area contributed by atoms with E-state index in [1.807, 2.05) is 0 Å². The first kappa shape index (κ1) is 32.0. The molecule has 0 aromatic carbocycles. The Balaban J connectivity index is 2.64. The Labute approximate surface area is 217 Å². The molecule has 1 fully saturated rings. The van der Waals surface area contributed by atoms with Gasteiger partial charge in [0.25, 0.3) is 0 Å². The molecule has 3 atom stereocenters. The molecule has 1 saturated carbocycles. The second kappa shape index (κ2) is 19.1. The van der Waals surface area contributed by atoms with Crippen molar-refractivity contribution in [3.8, 4) is 0 Å². The van der Waals surface area contributed by atoms with E-state index in [1.165, 1.54) is 44.9 Å². The van der Waals surface area contributed by atoms with Crippen LogP contribution in [0.1, 0.15) is 138 Å². The van der Waals surface area contributed by atoms with Crippen LogP contribution in [-0.2, 0) is 19.1 Å². The maximum Gasteiger partial charge on any atom is 0.309 e. The van der Waals surface area contributed by atoms with Gasteiger partial charge in [0.05, 0.1) is 25.6 Å². The van der Waals surface area contributed by atoms with E-state index in [-0.39, 0.29) is 30.2 Å². The molecule has 0 spiro atoms. The first-order valence-electron chi connectivity index (χ1n) is 15.0. The average molecular weight is 495 g/mol. The van der Waals surface area contributed by atoms with E-state index in [4.69, 9.17) is 9.47 Å². The van der Waals surface area contributed by atoms with E-state index >= 15 is 0 Å². The van der Waals surface area contributed by atoms with E-state index in [9.17, 15) is 9.59 Å². The van der Waals surface area contributed by atoms with Gasteiger partial charge in [-0.05, 0) is 55.3 Å². The Morgan fingerprint density at radius 3 is 1.80 bits per heavy atom. The van der Waals surface area contributed by atoms with Crippen molar-refractivity contribution in [1.82, 2.24) is 0 Å². The van der Waals surface area contributed by atoms with Gasteiger partial charge in [0, 0.05) is 0 Å². The summed E-state index contributed by atoms with van der Waals surface area (Å²) in [5.74, 6) is 2.13. The van der Waals surface area contributed by atoms with Crippen LogP contribution in [0, 0.1) is 35.5 Å². The fourth-order valence-electron chi connectivity index (χ4n) is 5.45. The molecule has 206 valence electrons. The van der Waals surface area contributed by atoms with Gasteiger partial charge in [0.15, 0.2) is 0 Å². The van der Waals surface area contributed by atoms with Crippen molar-refractivity contribution in [2.75, 3.05) is 13.2 Å². The first-order valence-corrected chi connectivity index (χ1v) is 15.0. The molecule has 0 N–H and O–H groups in total. The summed E-state index contributed by atoms with van der Waals surface area (Å²) in [7, 11) is 0. The van der Waals surface area contributed by atoms with Crippen LogP contribution in [0.15, 0.2) is 0 Å². The molecule has 4 heteroatoms. The summed E-state index contributed by atoms with van der Waals surface area (Å²) in [4.78, 5) is 26.0. The second-order valence-electron chi connectivity index (χ2n) is 12.4. The number of hydrogen-bond donors (Lipinski definition) is 0. The zero-order valence-corrected chi connectivity index (χ0v) is 24.1. The highest BCUT2D eigenvalue weighted by Crippen LogP contribution is 2.40. The maximum absolute atomic E-state index is 13.3. The lowest BCUT2D eigenvalue weighted by molar-refractivity contribution is -0.159. The molecule has 0 bridgehead atoms. The lowest BCUT2D eigenvalue weighted by Gasteiger charge is -2.36. The van der Waals surface area contributed by atoms with Crippen molar-refractivity contribution < 1.29 is 19.1 Å². The zero-order chi connectivity index (χ0) is 26.1. The number of esters is 2. The van der Waals surface area contributed by atoms with Crippen molar-refractivity contribution in [2.24, 2.45) is 35.5 Å². The van der Waals surface area contributed by atoms with Crippen LogP contribution in [0.2, 0.25) is 0 Å². The number of carbonyl (C=O) groups excluding carboxylic acids is 2. The monoisotopic (exact) mass is 494 g/mol. The Morgan fingerprint density at radius 2 is 1.23 bits per heavy atom. The fraction of sp³-hybridized carbons (Fsp3) is 0.935. The molecular formula is C31H58O4. The number of hydrogen-bond acceptors (Lipinski definition) is 4. The Kier molecular flexibility index (Phi) is 17.5. The van der Waals surface area contributed by atoms with Crippen molar-refractivity contribution in [3.63, 3.8) is 0 Å². The summed E-state index contributed by atoms with van der Waals surface area (Å²) >= 11 is 0. The predicted molar refractivity (Wildman–Crippen MR) is 146 cm³/mol. The number of unbranched alkanes of at least 4 members (excludes halogenated alkanes) is 4. The third-order valence-electron chi connectivity index (χ3n) is 7.65. The molecule has 0 amide bonds. The highest BCUT2D eigenvalue weighted by Gasteiger charge is 2.38. The van der Waals surface area contributed by atoms with E-state index in [2.05, 4.69) is 41.5 Å². The van der Waals surface area contributed by atoms with E-state index in [0.717, 1.165) is 56.8 Å². The van der Waals surface area contributed by atoms with Crippen LogP contribution in [0.3, 0.4) is 0 Å². The zero-order valence-electron chi connectivity index (χ0n) is 24.1. The summed E-state index contributed by atoms with van der Waals surface area (Å²) < 4.78 is 11.4. The molecule has 0 radical (unpaired) electrons. The van der Waals surface area contributed by atoms with Gasteiger partial charge in [-0.15, -0.1) is 0 Å². The van der Waals surface area contributed by atoms with Gasteiger partial charge in [-0.3, -0.25) is 9.59 Å². The standard InChI is InChI=1S/C31H58O4/c1-24(2)15-9-7-13-21-34-30(32)23-29(31(33)35-22-14-8-10-16-25(3)4)28-18-12-11-17-27(28)20-19-26(5)6/h24-29H,7-23H2,1-6H3. The van der Waals surface area contributed by atoms with Crippen molar-refractivity contribution >= 4 is 11.9 Å². The van der Waals surface area contributed by atoms with Crippen LogP contribution >= 0.6 is 0 Å². The van der Waals surface area contributed by atoms with E-state index in [0.29, 0.717) is 25.0 Å². The second-order valence-corrected chi connectivity index (χ2v) is 12.4. The van der Waals surface area contributed by atoms with Crippen molar-refractivity contribution in [2.45, 2.75) is 138 Å². The van der Waals surface area contributed by atoms with E-state index in [1.54, 1.807) is 0 Å². The van der Waals surface area contributed by atoms with Gasteiger partial charge in [-0.25, -0.2) is 0 Å². The molecule has 1 aliphatic carbocycles. The van der Waals surface area contributed by atoms with Crippen LogP contribution < -0.4 is 0 Å². The number of carbonyl (C=O) groups is 2. The molecule has 3 unspecified atom stereocenters. The van der Waals surface area contributed by atoms with Gasteiger partial charge in [-0.2, -0.15) is 0 Å². The van der Waals surface area contributed by atoms with Crippen molar-refractivity contribution in [3.05, 3.63) is 0 Å². The molecule has 0 aromatic heterocycles. The smallest absolute Gasteiger partial charge is 0.309 e. The minimum Gasteiger partial charge on any atom is -0.466 e. The summed E-state index contributed by atoms with van der Waals surface area (Å²) in [6.45, 7) is 14.4. The quantitative estimate of drug-likeness (QED) is 0.133. The third-order valence-corrected chi connectivity index (χ3v) is 7.65. The molecule has 0 aliphatic heterocycles. The molecule has 0 aromatic rings. The number of rotatable bonds is 19. The summed E-state index contributed by atoms with van der Waals surface area (Å²) in [6, 6.07) is 0. The average Bonchev–Trinajstić information content (AvgIpc) is 2.80. The van der Waals surface area contributed by atoms with Crippen LogP contribution in [0.25, 0.3) is 0 Å². The lowest BCUT2D eigenvalue weighted by Crippen LogP contribution is -2.35. The largest absolute Gasteiger partial charge is 0.466 e. The molecule has 0 heterocycles. The van der Waals surface area contributed by atoms with Gasteiger partial charge >= 0.3 is 11.9 Å². The highest BCUT2D eigenvalue weighted by atomic mass is 16.5. The van der Waals surface area contributed by atoms with Crippen LogP contribution in [-0.4, -0.2) is 25.2 Å². The Morgan fingerprint density at radius 1 is 0.686 bits per heavy atom. The topological polar surface area (TPSA) is 52.6 Å². The molecule has 4 nitrogen and oxygen atoms in total. The number of ether oxygens (including phenoxy) is 2. The minimum atomic E-state index is -0.350. The highest BCUT2D eigenvalue weighted by molar-refractivity contribution is 5.80. The van der Waals surface area contributed by atoms with Gasteiger partial charge in [0.1, 0.15) is 0 Å². The minimum absolute atomic E-state index is 0.163. The van der Waals surface area contributed by atoms with Gasteiger partial charge < -0.3 is 9.47 Å². The summed E-state index contributed by atoms with van der Waals surface area (Å²) in [6.07, 6.45) is 15.9. The SMILES string of the molecule is CC(C)CCCCCOC(=O)CC(C(=O)OCCCCCC(C)C)C1CCCCC1CCC(C)C. The van der Waals surface area contributed by atoms with Gasteiger partial charge in [0.2, 0.25) is 0 Å². The Hall–Kier alpha value is -1.06. The summed E-state index contributed by atoms with van der Waals surface area (Å²) in [5.41, 5.74) is 0. The Bertz CT molecular complexity index is 554. The molecule has 35 heavy (non-hydrogen) atoms. The predicted octanol–water partition coefficient (Wildman–Crippen LogP) is 8.75. The summed E-state index contributed by atoms with van der Waals surface area (Å²) in [5, 5.41) is 0. The van der Waals surface area contributed by atoms with Gasteiger partial charge in [-0.1, -0.05) is 106 Å². The third kappa shape index (κ3) is 15.6. The lowest BCUT2D eigenvalue weighted by atomic mass is 9.69.